The normalized spacial score (nSPS) is 14.8. The van der Waals surface area contributed by atoms with Crippen LogP contribution in [-0.2, 0) is 26.0 Å². The van der Waals surface area contributed by atoms with Crippen molar-refractivity contribution in [2.75, 3.05) is 0 Å². The predicted octanol–water partition coefficient (Wildman–Crippen LogP) is 9.05. The van der Waals surface area contributed by atoms with E-state index in [0.717, 1.165) is 48.1 Å². The zero-order valence-electron chi connectivity index (χ0n) is 26.8. The van der Waals surface area contributed by atoms with Crippen LogP contribution in [0.1, 0.15) is 92.8 Å². The zero-order chi connectivity index (χ0) is 30.5. The molecule has 0 radical (unpaired) electrons. The molecule has 0 saturated heterocycles. The third kappa shape index (κ3) is 7.22. The molecule has 0 bridgehead atoms. The summed E-state index contributed by atoms with van der Waals surface area (Å²) in [4.78, 5) is 15.6. The minimum absolute atomic E-state index is 0.0836. The predicted molar refractivity (Wildman–Crippen MR) is 175 cm³/mol. The fourth-order valence-electron chi connectivity index (χ4n) is 6.43. The van der Waals surface area contributed by atoms with Crippen LogP contribution < -0.4 is 0 Å². The zero-order valence-corrected chi connectivity index (χ0v) is 27.8. The average Bonchev–Trinajstić information content (AvgIpc) is 3.40. The van der Waals surface area contributed by atoms with Crippen molar-refractivity contribution in [1.29, 1.82) is 0 Å². The Labute approximate surface area is 254 Å². The number of esters is 1. The summed E-state index contributed by atoms with van der Waals surface area (Å²) in [5.74, 6) is 6.85. The number of hydrogen-bond acceptors (Lipinski definition) is 4. The smallest absolute Gasteiger partial charge is 0.303 e. The Morgan fingerprint density at radius 3 is 2.12 bits per heavy atom. The van der Waals surface area contributed by atoms with Gasteiger partial charge in [0, 0.05) is 29.7 Å². The van der Waals surface area contributed by atoms with E-state index in [4.69, 9.17) is 9.16 Å². The van der Waals surface area contributed by atoms with Gasteiger partial charge in [0.15, 0.2) is 8.32 Å². The number of ether oxygens (including phenoxy) is 1. The molecule has 2 aromatic carbocycles. The van der Waals surface area contributed by atoms with Gasteiger partial charge in [0.05, 0.1) is 5.69 Å². The Balaban J connectivity index is 1.62. The summed E-state index contributed by atoms with van der Waals surface area (Å²) in [7, 11) is -1.69. The molecule has 4 nitrogen and oxygen atoms in total. The van der Waals surface area contributed by atoms with Crippen LogP contribution in [-0.4, -0.2) is 24.9 Å². The first kappa shape index (κ1) is 31.7. The van der Waals surface area contributed by atoms with Crippen molar-refractivity contribution in [2.45, 2.75) is 110 Å². The number of hydrogen-bond donors (Lipinski definition) is 0. The third-order valence-corrected chi connectivity index (χ3v) is 9.67. The molecule has 42 heavy (non-hydrogen) atoms. The lowest BCUT2D eigenvalue weighted by molar-refractivity contribution is -0.142. The van der Waals surface area contributed by atoms with Gasteiger partial charge in [0.1, 0.15) is 12.2 Å². The van der Waals surface area contributed by atoms with Gasteiger partial charge >= 0.3 is 5.97 Å². The Morgan fingerprint density at radius 1 is 0.952 bits per heavy atom. The lowest BCUT2D eigenvalue weighted by atomic mass is 9.69. The Hall–Kier alpha value is -3.20. The van der Waals surface area contributed by atoms with E-state index in [1.807, 2.05) is 18.3 Å². The minimum atomic E-state index is -1.69. The van der Waals surface area contributed by atoms with Crippen LogP contribution in [0.5, 0.6) is 0 Å². The van der Waals surface area contributed by atoms with Gasteiger partial charge in [0.25, 0.3) is 0 Å². The highest BCUT2D eigenvalue weighted by Gasteiger charge is 2.37. The van der Waals surface area contributed by atoms with Crippen LogP contribution in [0, 0.1) is 25.7 Å². The Kier molecular flexibility index (Phi) is 9.80. The van der Waals surface area contributed by atoms with E-state index in [9.17, 15) is 4.79 Å². The highest BCUT2D eigenvalue weighted by molar-refractivity contribution is 6.69. The largest absolute Gasteiger partial charge is 0.459 e. The second kappa shape index (κ2) is 13.0. The summed E-state index contributed by atoms with van der Waals surface area (Å²) in [6.45, 7) is 17.3. The van der Waals surface area contributed by atoms with E-state index in [-0.39, 0.29) is 23.6 Å². The number of carbonyl (C=O) groups is 1. The standard InChI is InChI=1S/C37H47NO3Si/c1-9-37(10-2,33-16-18-35(28(4)24-33)31-14-17-34(38-25-31)26-40-29(5)39)32-15-13-30(27(3)23-32)19-22-36(20-11-12-21-36)41-42(6,7)8/h13-18,23-25H,9-12,20-21,26H2,1-8H3. The monoisotopic (exact) mass is 581 g/mol. The number of pyridine rings is 1. The second-order valence-corrected chi connectivity index (χ2v) is 17.3. The van der Waals surface area contributed by atoms with Crippen LogP contribution in [0.25, 0.3) is 11.1 Å². The molecule has 1 heterocycles. The van der Waals surface area contributed by atoms with Crippen LogP contribution in [0.4, 0.5) is 0 Å². The number of rotatable bonds is 9. The second-order valence-electron chi connectivity index (χ2n) is 12.8. The van der Waals surface area contributed by atoms with Crippen molar-refractivity contribution in [3.05, 3.63) is 88.2 Å². The van der Waals surface area contributed by atoms with Crippen molar-refractivity contribution in [3.8, 4) is 23.0 Å². The molecule has 3 aromatic rings. The summed E-state index contributed by atoms with van der Waals surface area (Å²) in [5, 5.41) is 0. The molecule has 1 saturated carbocycles. The molecule has 5 heteroatoms. The molecule has 0 atom stereocenters. The van der Waals surface area contributed by atoms with Crippen molar-refractivity contribution in [2.24, 2.45) is 0 Å². The van der Waals surface area contributed by atoms with Crippen molar-refractivity contribution in [3.63, 3.8) is 0 Å². The van der Waals surface area contributed by atoms with E-state index in [1.54, 1.807) is 0 Å². The topological polar surface area (TPSA) is 48.4 Å². The maximum Gasteiger partial charge on any atom is 0.303 e. The SMILES string of the molecule is CCC(CC)(c1ccc(C#CC2(O[Si](C)(C)C)CCCC2)c(C)c1)c1ccc(-c2ccc(COC(C)=O)nc2)c(C)c1. The van der Waals surface area contributed by atoms with Crippen LogP contribution in [0.2, 0.25) is 19.6 Å². The maximum absolute atomic E-state index is 11.1. The molecule has 1 aliphatic carbocycles. The summed E-state index contributed by atoms with van der Waals surface area (Å²) >= 11 is 0. The van der Waals surface area contributed by atoms with Gasteiger partial charge in [-0.2, -0.15) is 0 Å². The highest BCUT2D eigenvalue weighted by atomic mass is 28.4. The van der Waals surface area contributed by atoms with E-state index in [0.29, 0.717) is 0 Å². The van der Waals surface area contributed by atoms with E-state index in [1.165, 1.54) is 42.0 Å². The van der Waals surface area contributed by atoms with Gasteiger partial charge in [-0.1, -0.05) is 62.1 Å². The van der Waals surface area contributed by atoms with Gasteiger partial charge in [0.2, 0.25) is 0 Å². The number of nitrogens with zero attached hydrogens (tertiary/aromatic N) is 1. The van der Waals surface area contributed by atoms with Gasteiger partial charge in [-0.05, 0) is 112 Å². The number of aryl methyl sites for hydroxylation is 2. The van der Waals surface area contributed by atoms with Gasteiger partial charge in [-0.15, -0.1) is 0 Å². The number of benzene rings is 2. The summed E-state index contributed by atoms with van der Waals surface area (Å²) in [6.07, 6.45) is 8.35. The van der Waals surface area contributed by atoms with Gasteiger partial charge in [-0.25, -0.2) is 0 Å². The highest BCUT2D eigenvalue weighted by Crippen LogP contribution is 2.41. The van der Waals surface area contributed by atoms with Crippen molar-refractivity contribution in [1.82, 2.24) is 4.98 Å². The van der Waals surface area contributed by atoms with Crippen molar-refractivity contribution < 1.29 is 14.0 Å². The Bertz CT molecular complexity index is 1460. The summed E-state index contributed by atoms with van der Waals surface area (Å²) in [5.41, 5.74) is 8.82. The fraction of sp³-hybridized carbons (Fsp3) is 0.459. The molecule has 0 spiro atoms. The molecule has 1 fully saturated rings. The molecular weight excluding hydrogens is 534 g/mol. The molecule has 1 aliphatic rings. The van der Waals surface area contributed by atoms with Crippen molar-refractivity contribution >= 4 is 14.3 Å². The first-order valence-electron chi connectivity index (χ1n) is 15.4. The number of carbonyl (C=O) groups excluding carboxylic acids is 1. The summed E-state index contributed by atoms with van der Waals surface area (Å²) in [6, 6.07) is 17.7. The first-order chi connectivity index (χ1) is 19.9. The van der Waals surface area contributed by atoms with Crippen LogP contribution >= 0.6 is 0 Å². The van der Waals surface area contributed by atoms with E-state index < -0.39 is 8.32 Å². The van der Waals surface area contributed by atoms with Crippen LogP contribution in [0.3, 0.4) is 0 Å². The third-order valence-electron chi connectivity index (χ3n) is 8.66. The molecule has 1 aromatic heterocycles. The maximum atomic E-state index is 11.1. The Morgan fingerprint density at radius 2 is 1.60 bits per heavy atom. The average molecular weight is 582 g/mol. The minimum Gasteiger partial charge on any atom is -0.459 e. The lowest BCUT2D eigenvalue weighted by Gasteiger charge is -2.34. The molecule has 222 valence electrons. The molecule has 0 unspecified atom stereocenters. The molecule has 0 N–H and O–H groups in total. The quantitative estimate of drug-likeness (QED) is 0.144. The van der Waals surface area contributed by atoms with Gasteiger partial charge < -0.3 is 9.16 Å². The van der Waals surface area contributed by atoms with Gasteiger partial charge in [-0.3, -0.25) is 9.78 Å². The summed E-state index contributed by atoms with van der Waals surface area (Å²) < 4.78 is 11.7. The van der Waals surface area contributed by atoms with E-state index >= 15 is 0 Å². The molecule has 0 aliphatic heterocycles. The van der Waals surface area contributed by atoms with E-state index in [2.05, 4.69) is 101 Å². The van der Waals surface area contributed by atoms with Crippen LogP contribution in [0.15, 0.2) is 54.7 Å². The molecule has 0 amide bonds. The number of aromatic nitrogens is 1. The molecular formula is C37H47NO3Si. The fourth-order valence-corrected chi connectivity index (χ4v) is 7.86. The lowest BCUT2D eigenvalue weighted by Crippen LogP contribution is -2.39. The first-order valence-corrected chi connectivity index (χ1v) is 18.9. The molecule has 4 rings (SSSR count).